The standard InChI is InChI=1S/C11H16F2N4O/c1-7-2-3-16-11(9(7)10(14)15)17(4-5-18)6-8(12)13/h2-3,8,18H,4-6H2,1H3,(H3,14,15). The molecule has 5 nitrogen and oxygen atoms in total. The Kier molecular flexibility index (Phi) is 4.96. The Morgan fingerprint density at radius 1 is 1.61 bits per heavy atom. The van der Waals surface area contributed by atoms with Crippen molar-refractivity contribution < 1.29 is 13.9 Å². The highest BCUT2D eigenvalue weighted by molar-refractivity contribution is 6.01. The highest BCUT2D eigenvalue weighted by Gasteiger charge is 2.19. The molecule has 1 aromatic rings. The number of aromatic nitrogens is 1. The Bertz CT molecular complexity index is 426. The second-order valence-corrected chi connectivity index (χ2v) is 3.80. The summed E-state index contributed by atoms with van der Waals surface area (Å²) < 4.78 is 25.0. The van der Waals surface area contributed by atoms with Crippen LogP contribution in [0, 0.1) is 12.3 Å². The van der Waals surface area contributed by atoms with E-state index in [2.05, 4.69) is 4.98 Å². The molecule has 1 aromatic heterocycles. The normalized spacial score (nSPS) is 10.7. The summed E-state index contributed by atoms with van der Waals surface area (Å²) >= 11 is 0. The summed E-state index contributed by atoms with van der Waals surface area (Å²) in [6, 6.07) is 1.65. The van der Waals surface area contributed by atoms with Crippen molar-refractivity contribution in [3.05, 3.63) is 23.4 Å². The van der Waals surface area contributed by atoms with E-state index in [1.165, 1.54) is 11.1 Å². The van der Waals surface area contributed by atoms with Gasteiger partial charge in [0.05, 0.1) is 18.7 Å². The quantitative estimate of drug-likeness (QED) is 0.519. The lowest BCUT2D eigenvalue weighted by Crippen LogP contribution is -2.34. The molecule has 0 spiro atoms. The third-order valence-corrected chi connectivity index (χ3v) is 2.44. The molecule has 0 aliphatic carbocycles. The Balaban J connectivity index is 3.18. The molecule has 100 valence electrons. The van der Waals surface area contributed by atoms with Crippen LogP contribution in [0.1, 0.15) is 11.1 Å². The molecule has 0 aliphatic rings. The van der Waals surface area contributed by atoms with Crippen LogP contribution in [0.5, 0.6) is 0 Å². The maximum absolute atomic E-state index is 12.5. The van der Waals surface area contributed by atoms with Crippen LogP contribution >= 0.6 is 0 Å². The first-order valence-electron chi connectivity index (χ1n) is 5.41. The van der Waals surface area contributed by atoms with Crippen molar-refractivity contribution in [1.29, 1.82) is 5.41 Å². The number of nitrogens with two attached hydrogens (primary N) is 1. The number of hydrogen-bond donors (Lipinski definition) is 3. The molecule has 1 heterocycles. The van der Waals surface area contributed by atoms with E-state index in [4.69, 9.17) is 16.2 Å². The predicted octanol–water partition coefficient (Wildman–Crippen LogP) is 0.738. The van der Waals surface area contributed by atoms with Gasteiger partial charge in [-0.25, -0.2) is 13.8 Å². The molecular weight excluding hydrogens is 242 g/mol. The molecule has 0 bridgehead atoms. The van der Waals surface area contributed by atoms with Gasteiger partial charge in [0.2, 0.25) is 0 Å². The Hall–Kier alpha value is -1.76. The fourth-order valence-corrected chi connectivity index (χ4v) is 1.69. The lowest BCUT2D eigenvalue weighted by molar-refractivity contribution is 0.152. The monoisotopic (exact) mass is 258 g/mol. The molecule has 18 heavy (non-hydrogen) atoms. The summed E-state index contributed by atoms with van der Waals surface area (Å²) in [5.74, 6) is -0.0235. The zero-order valence-corrected chi connectivity index (χ0v) is 10.0. The fraction of sp³-hybridized carbons (Fsp3) is 0.455. The van der Waals surface area contributed by atoms with Crippen molar-refractivity contribution in [2.24, 2.45) is 5.73 Å². The van der Waals surface area contributed by atoms with Gasteiger partial charge in [-0.1, -0.05) is 0 Å². The molecule has 1 rings (SSSR count). The maximum Gasteiger partial charge on any atom is 0.255 e. The van der Waals surface area contributed by atoms with E-state index >= 15 is 0 Å². The minimum Gasteiger partial charge on any atom is -0.395 e. The lowest BCUT2D eigenvalue weighted by atomic mass is 10.1. The number of nitrogens with zero attached hydrogens (tertiary/aromatic N) is 2. The van der Waals surface area contributed by atoms with Gasteiger partial charge in [0.1, 0.15) is 11.7 Å². The average molecular weight is 258 g/mol. The largest absolute Gasteiger partial charge is 0.395 e. The van der Waals surface area contributed by atoms with Crippen molar-refractivity contribution in [2.45, 2.75) is 13.3 Å². The summed E-state index contributed by atoms with van der Waals surface area (Å²) in [5.41, 5.74) is 6.46. The Labute approximate surface area is 104 Å². The number of amidine groups is 1. The number of pyridine rings is 1. The minimum atomic E-state index is -2.56. The smallest absolute Gasteiger partial charge is 0.255 e. The molecule has 0 aliphatic heterocycles. The van der Waals surface area contributed by atoms with Crippen LogP contribution in [0.2, 0.25) is 0 Å². The SMILES string of the molecule is Cc1ccnc(N(CCO)CC(F)F)c1C(=N)N. The van der Waals surface area contributed by atoms with Crippen molar-refractivity contribution >= 4 is 11.7 Å². The van der Waals surface area contributed by atoms with Crippen LogP contribution < -0.4 is 10.6 Å². The zero-order valence-electron chi connectivity index (χ0n) is 10.0. The first-order chi connectivity index (χ1) is 8.47. The summed E-state index contributed by atoms with van der Waals surface area (Å²) in [7, 11) is 0. The highest BCUT2D eigenvalue weighted by atomic mass is 19.3. The number of anilines is 1. The molecule has 0 radical (unpaired) electrons. The minimum absolute atomic E-state index is 0.0150. The second kappa shape index (κ2) is 6.25. The van der Waals surface area contributed by atoms with Gasteiger partial charge in [0.25, 0.3) is 6.43 Å². The summed E-state index contributed by atoms with van der Waals surface area (Å²) in [5, 5.41) is 16.4. The summed E-state index contributed by atoms with van der Waals surface area (Å²) in [6.07, 6.45) is -1.09. The van der Waals surface area contributed by atoms with E-state index < -0.39 is 13.0 Å². The number of hydrogen-bond acceptors (Lipinski definition) is 4. The lowest BCUT2D eigenvalue weighted by Gasteiger charge is -2.25. The zero-order chi connectivity index (χ0) is 13.7. The highest BCUT2D eigenvalue weighted by Crippen LogP contribution is 2.21. The van der Waals surface area contributed by atoms with Gasteiger partial charge in [-0.15, -0.1) is 0 Å². The van der Waals surface area contributed by atoms with Crippen LogP contribution in [0.3, 0.4) is 0 Å². The topological polar surface area (TPSA) is 86.2 Å². The molecule has 4 N–H and O–H groups in total. The third kappa shape index (κ3) is 3.36. The van der Waals surface area contributed by atoms with E-state index in [1.54, 1.807) is 13.0 Å². The Morgan fingerprint density at radius 3 is 2.78 bits per heavy atom. The molecule has 0 saturated heterocycles. The third-order valence-electron chi connectivity index (χ3n) is 2.44. The van der Waals surface area contributed by atoms with E-state index in [1.807, 2.05) is 0 Å². The molecule has 7 heteroatoms. The van der Waals surface area contributed by atoms with E-state index in [0.717, 1.165) is 0 Å². The van der Waals surface area contributed by atoms with Gasteiger partial charge in [0.15, 0.2) is 0 Å². The predicted molar refractivity (Wildman–Crippen MR) is 65.3 cm³/mol. The number of halogens is 2. The van der Waals surface area contributed by atoms with Crippen molar-refractivity contribution in [3.63, 3.8) is 0 Å². The van der Waals surface area contributed by atoms with Gasteiger partial charge in [-0.05, 0) is 18.6 Å². The van der Waals surface area contributed by atoms with E-state index in [9.17, 15) is 8.78 Å². The molecular formula is C11H16F2N4O. The van der Waals surface area contributed by atoms with Gasteiger partial charge in [-0.2, -0.15) is 0 Å². The number of alkyl halides is 2. The maximum atomic E-state index is 12.5. The number of nitrogens with one attached hydrogen (secondary N) is 1. The first kappa shape index (κ1) is 14.3. The van der Waals surface area contributed by atoms with Crippen LogP contribution in [0.4, 0.5) is 14.6 Å². The number of aliphatic hydroxyl groups is 1. The van der Waals surface area contributed by atoms with Gasteiger partial charge in [-0.3, -0.25) is 5.41 Å². The second-order valence-electron chi connectivity index (χ2n) is 3.80. The number of nitrogen functional groups attached to an aromatic ring is 1. The van der Waals surface area contributed by atoms with E-state index in [0.29, 0.717) is 11.1 Å². The van der Waals surface area contributed by atoms with Crippen molar-refractivity contribution in [2.75, 3.05) is 24.6 Å². The van der Waals surface area contributed by atoms with Crippen LogP contribution in [-0.2, 0) is 0 Å². The summed E-state index contributed by atoms with van der Waals surface area (Å²) in [4.78, 5) is 5.22. The number of aliphatic hydroxyl groups excluding tert-OH is 1. The molecule has 0 aromatic carbocycles. The van der Waals surface area contributed by atoms with Crippen molar-refractivity contribution in [1.82, 2.24) is 4.98 Å². The fourth-order valence-electron chi connectivity index (χ4n) is 1.69. The van der Waals surface area contributed by atoms with Gasteiger partial charge >= 0.3 is 0 Å². The van der Waals surface area contributed by atoms with E-state index in [-0.39, 0.29) is 24.8 Å². The molecule has 0 amide bonds. The number of aryl methyl sites for hydroxylation is 1. The number of rotatable bonds is 6. The van der Waals surface area contributed by atoms with Gasteiger partial charge in [0, 0.05) is 12.7 Å². The van der Waals surface area contributed by atoms with Gasteiger partial charge < -0.3 is 15.7 Å². The molecule has 0 unspecified atom stereocenters. The summed E-state index contributed by atoms with van der Waals surface area (Å²) in [6.45, 7) is 0.902. The van der Waals surface area contributed by atoms with Crippen LogP contribution in [0.25, 0.3) is 0 Å². The molecule has 0 saturated carbocycles. The molecule has 0 atom stereocenters. The van der Waals surface area contributed by atoms with Crippen LogP contribution in [0.15, 0.2) is 12.3 Å². The van der Waals surface area contributed by atoms with Crippen LogP contribution in [-0.4, -0.2) is 42.0 Å². The van der Waals surface area contributed by atoms with Crippen molar-refractivity contribution in [3.8, 4) is 0 Å². The first-order valence-corrected chi connectivity index (χ1v) is 5.41. The molecule has 0 fully saturated rings. The Morgan fingerprint density at radius 2 is 2.28 bits per heavy atom. The average Bonchev–Trinajstić information content (AvgIpc) is 2.27.